The molecule has 0 atom stereocenters. The van der Waals surface area contributed by atoms with Crippen molar-refractivity contribution in [2.24, 2.45) is 0 Å². The van der Waals surface area contributed by atoms with E-state index in [1.807, 2.05) is 0 Å². The minimum atomic E-state index is 0.554. The van der Waals surface area contributed by atoms with Crippen LogP contribution in [-0.2, 0) is 13.0 Å². The Balaban J connectivity index is 2.12. The van der Waals surface area contributed by atoms with Crippen LogP contribution >= 0.6 is 0 Å². The molecule has 0 bridgehead atoms. The fraction of sp³-hybridized carbons (Fsp3) is 0.722. The first-order valence-corrected chi connectivity index (χ1v) is 8.56. The van der Waals surface area contributed by atoms with Crippen LogP contribution in [0, 0.1) is 12.3 Å². The first-order chi connectivity index (χ1) is 10.3. The van der Waals surface area contributed by atoms with Gasteiger partial charge in [-0.25, -0.2) is 4.98 Å². The van der Waals surface area contributed by atoms with E-state index in [2.05, 4.69) is 17.4 Å². The van der Waals surface area contributed by atoms with E-state index in [0.29, 0.717) is 12.5 Å². The van der Waals surface area contributed by atoms with Crippen molar-refractivity contribution in [3.05, 3.63) is 11.5 Å². The largest absolute Gasteiger partial charge is 0.384 e. The molecule has 2 rings (SSSR count). The highest BCUT2D eigenvalue weighted by Gasteiger charge is 2.23. The Labute approximate surface area is 129 Å². The molecule has 0 amide bonds. The van der Waals surface area contributed by atoms with Gasteiger partial charge in [0.25, 0.3) is 0 Å². The first-order valence-electron chi connectivity index (χ1n) is 8.56. The second kappa shape index (κ2) is 8.12. The van der Waals surface area contributed by atoms with Crippen LogP contribution in [0.1, 0.15) is 82.1 Å². The summed E-state index contributed by atoms with van der Waals surface area (Å²) in [6.45, 7) is 2.79. The van der Waals surface area contributed by atoms with E-state index < -0.39 is 0 Å². The standard InChI is InChI=1S/C18H29N3/c1-3-5-6-10-13-16-17(19)21(14-4-2)18(20-16)15-11-8-7-9-12-15/h2,15H,3,5-14,19H2,1H3. The van der Waals surface area contributed by atoms with E-state index >= 15 is 0 Å². The van der Waals surface area contributed by atoms with Crippen LogP contribution in [0.3, 0.4) is 0 Å². The molecule has 2 N–H and O–H groups in total. The minimum Gasteiger partial charge on any atom is -0.384 e. The Bertz CT molecular complexity index is 475. The predicted octanol–water partition coefficient (Wildman–Crippen LogP) is 4.27. The number of hydrogen-bond acceptors (Lipinski definition) is 2. The van der Waals surface area contributed by atoms with Crippen LogP contribution in [0.4, 0.5) is 5.82 Å². The van der Waals surface area contributed by atoms with E-state index in [9.17, 15) is 0 Å². The Morgan fingerprint density at radius 2 is 2.00 bits per heavy atom. The molecule has 0 aromatic carbocycles. The highest BCUT2D eigenvalue weighted by Crippen LogP contribution is 2.34. The van der Waals surface area contributed by atoms with Crippen molar-refractivity contribution in [1.29, 1.82) is 0 Å². The Hall–Kier alpha value is -1.43. The highest BCUT2D eigenvalue weighted by molar-refractivity contribution is 5.40. The summed E-state index contributed by atoms with van der Waals surface area (Å²) >= 11 is 0. The Morgan fingerprint density at radius 1 is 1.24 bits per heavy atom. The lowest BCUT2D eigenvalue weighted by Crippen LogP contribution is -2.13. The molecule has 0 unspecified atom stereocenters. The normalized spacial score (nSPS) is 16.0. The fourth-order valence-electron chi connectivity index (χ4n) is 3.37. The topological polar surface area (TPSA) is 43.8 Å². The van der Waals surface area contributed by atoms with Crippen molar-refractivity contribution in [2.45, 2.75) is 83.6 Å². The van der Waals surface area contributed by atoms with E-state index in [0.717, 1.165) is 23.8 Å². The second-order valence-electron chi connectivity index (χ2n) is 6.24. The molecule has 1 aliphatic carbocycles. The zero-order valence-electron chi connectivity index (χ0n) is 13.4. The summed E-state index contributed by atoms with van der Waals surface area (Å²) in [5.41, 5.74) is 7.39. The van der Waals surface area contributed by atoms with E-state index in [4.69, 9.17) is 17.1 Å². The van der Waals surface area contributed by atoms with Crippen molar-refractivity contribution in [2.75, 3.05) is 5.73 Å². The van der Waals surface area contributed by atoms with E-state index in [1.165, 1.54) is 57.8 Å². The van der Waals surface area contributed by atoms with Gasteiger partial charge in [0.2, 0.25) is 0 Å². The molecule has 1 aromatic rings. The number of rotatable bonds is 7. The van der Waals surface area contributed by atoms with Gasteiger partial charge in [-0.2, -0.15) is 0 Å². The summed E-state index contributed by atoms with van der Waals surface area (Å²) in [7, 11) is 0. The van der Waals surface area contributed by atoms with Gasteiger partial charge in [0.05, 0.1) is 12.2 Å². The SMILES string of the molecule is C#CCn1c(C2CCCCC2)nc(CCCCCC)c1N. The van der Waals surface area contributed by atoms with E-state index in [1.54, 1.807) is 0 Å². The third-order valence-electron chi connectivity index (χ3n) is 4.60. The van der Waals surface area contributed by atoms with Crippen LogP contribution < -0.4 is 5.73 Å². The smallest absolute Gasteiger partial charge is 0.127 e. The molecule has 21 heavy (non-hydrogen) atoms. The zero-order valence-corrected chi connectivity index (χ0v) is 13.4. The van der Waals surface area contributed by atoms with Gasteiger partial charge < -0.3 is 10.3 Å². The number of nitrogens with two attached hydrogens (primary N) is 1. The molecule has 1 fully saturated rings. The quantitative estimate of drug-likeness (QED) is 0.601. The summed E-state index contributed by atoms with van der Waals surface area (Å²) in [4.78, 5) is 4.89. The average Bonchev–Trinajstić information content (AvgIpc) is 2.82. The van der Waals surface area contributed by atoms with Gasteiger partial charge in [-0.3, -0.25) is 0 Å². The maximum absolute atomic E-state index is 6.32. The molecule has 0 spiro atoms. The lowest BCUT2D eigenvalue weighted by Gasteiger charge is -2.21. The molecule has 3 heteroatoms. The molecule has 1 aliphatic rings. The fourth-order valence-corrected chi connectivity index (χ4v) is 3.37. The maximum atomic E-state index is 6.32. The van der Waals surface area contributed by atoms with Crippen molar-refractivity contribution in [1.82, 2.24) is 9.55 Å². The van der Waals surface area contributed by atoms with Gasteiger partial charge in [-0.1, -0.05) is 51.4 Å². The van der Waals surface area contributed by atoms with Gasteiger partial charge in [0.1, 0.15) is 11.6 Å². The second-order valence-corrected chi connectivity index (χ2v) is 6.24. The number of aryl methyl sites for hydroxylation is 1. The number of anilines is 1. The highest BCUT2D eigenvalue weighted by atomic mass is 15.1. The minimum absolute atomic E-state index is 0.554. The molecule has 1 aromatic heterocycles. The molecule has 1 saturated carbocycles. The summed E-state index contributed by atoms with van der Waals surface area (Å²) in [6, 6.07) is 0. The molecule has 116 valence electrons. The number of imidazole rings is 1. The van der Waals surface area contributed by atoms with Gasteiger partial charge in [-0.15, -0.1) is 6.42 Å². The lowest BCUT2D eigenvalue weighted by atomic mass is 9.88. The number of aromatic nitrogens is 2. The average molecular weight is 287 g/mol. The first kappa shape index (κ1) is 15.9. The summed E-state index contributed by atoms with van der Waals surface area (Å²) in [5.74, 6) is 5.25. The third-order valence-corrected chi connectivity index (χ3v) is 4.60. The maximum Gasteiger partial charge on any atom is 0.127 e. The molecule has 0 radical (unpaired) electrons. The molecular weight excluding hydrogens is 258 g/mol. The third kappa shape index (κ3) is 4.03. The Kier molecular flexibility index (Phi) is 6.17. The number of nitrogen functional groups attached to an aromatic ring is 1. The summed E-state index contributed by atoms with van der Waals surface area (Å²) < 4.78 is 2.09. The van der Waals surface area contributed by atoms with Crippen LogP contribution in [0.5, 0.6) is 0 Å². The van der Waals surface area contributed by atoms with Gasteiger partial charge in [0, 0.05) is 5.92 Å². The monoisotopic (exact) mass is 287 g/mol. The number of hydrogen-bond donors (Lipinski definition) is 1. The van der Waals surface area contributed by atoms with Crippen molar-refractivity contribution >= 4 is 5.82 Å². The van der Waals surface area contributed by atoms with Crippen LogP contribution in [0.15, 0.2) is 0 Å². The van der Waals surface area contributed by atoms with Crippen molar-refractivity contribution in [3.63, 3.8) is 0 Å². The number of nitrogens with zero attached hydrogens (tertiary/aromatic N) is 2. The van der Waals surface area contributed by atoms with Crippen LogP contribution in [0.2, 0.25) is 0 Å². The van der Waals surface area contributed by atoms with Gasteiger partial charge in [-0.05, 0) is 25.7 Å². The van der Waals surface area contributed by atoms with Crippen LogP contribution in [-0.4, -0.2) is 9.55 Å². The predicted molar refractivity (Wildman–Crippen MR) is 89.1 cm³/mol. The number of terminal acetylenes is 1. The molecular formula is C18H29N3. The molecule has 0 aliphatic heterocycles. The number of unbranched alkanes of at least 4 members (excludes halogenated alkanes) is 3. The molecule has 0 saturated heterocycles. The van der Waals surface area contributed by atoms with Gasteiger partial charge >= 0.3 is 0 Å². The summed E-state index contributed by atoms with van der Waals surface area (Å²) in [6.07, 6.45) is 17.9. The van der Waals surface area contributed by atoms with E-state index in [-0.39, 0.29) is 0 Å². The van der Waals surface area contributed by atoms with Crippen molar-refractivity contribution < 1.29 is 0 Å². The molecule has 1 heterocycles. The van der Waals surface area contributed by atoms with Crippen LogP contribution in [0.25, 0.3) is 0 Å². The zero-order chi connectivity index (χ0) is 15.1. The van der Waals surface area contributed by atoms with Gasteiger partial charge in [0.15, 0.2) is 0 Å². The molecule has 3 nitrogen and oxygen atoms in total. The Morgan fingerprint density at radius 3 is 2.67 bits per heavy atom. The summed E-state index contributed by atoms with van der Waals surface area (Å²) in [5, 5.41) is 0. The lowest BCUT2D eigenvalue weighted by molar-refractivity contribution is 0.419. The van der Waals surface area contributed by atoms with Crippen molar-refractivity contribution in [3.8, 4) is 12.3 Å².